The molecule has 730 valence electrons. The van der Waals surface area contributed by atoms with Crippen molar-refractivity contribution in [1.29, 1.82) is 0 Å². The summed E-state index contributed by atoms with van der Waals surface area (Å²) in [6, 6.07) is 68.7. The highest BCUT2D eigenvalue weighted by molar-refractivity contribution is 6.33. The minimum absolute atomic E-state index is 0.130. The van der Waals surface area contributed by atoms with E-state index in [9.17, 15) is 33.9 Å². The molecule has 0 atom stereocenters. The van der Waals surface area contributed by atoms with Gasteiger partial charge in [-0.2, -0.15) is 0 Å². The quantitative estimate of drug-likeness (QED) is 0.0287. The number of halogens is 6. The Morgan fingerprint density at radius 1 is 0.268 bits per heavy atom. The SMILES string of the molecule is CCOc1cccc(CC(=O)OC)c1COc1ccc(C)cc1Cl.CCc1cccc(CC(=O)OC)c1COc1ccc(C)cc1Cl.COC(=O)Cc1cccc(C)c1COc1ccc(C)cc1Cl.COC(=O)Cc1cccc(C)c1COc1ccc(C)cc1Cl.COC(=O)Cc1cccc(C2CC2)c1COc1ccc(C)cc1Cl.COC(=O)Cc1cccc(CO)c1COc1ccc(C)cc1Cl. The van der Waals surface area contributed by atoms with E-state index in [1.807, 2.05) is 250 Å². The molecule has 0 amide bonds. The van der Waals surface area contributed by atoms with Gasteiger partial charge in [-0.1, -0.05) is 216 Å². The topological polar surface area (TPSA) is 243 Å². The lowest BCUT2D eigenvalue weighted by molar-refractivity contribution is -0.140. The number of aryl methyl sites for hydroxylation is 9. The predicted molar refractivity (Wildman–Crippen MR) is 544 cm³/mol. The molecule has 20 nitrogen and oxygen atoms in total. The minimum atomic E-state index is -0.338. The van der Waals surface area contributed by atoms with Gasteiger partial charge in [0.2, 0.25) is 0 Å². The first kappa shape index (κ1) is 111. The summed E-state index contributed by atoms with van der Waals surface area (Å²) >= 11 is 37.2. The number of hydrogen-bond donors (Lipinski definition) is 1. The lowest BCUT2D eigenvalue weighted by Crippen LogP contribution is -2.10. The number of ether oxygens (including phenoxy) is 13. The summed E-state index contributed by atoms with van der Waals surface area (Å²) in [6.45, 7) is 22.2. The molecule has 0 heterocycles. The smallest absolute Gasteiger partial charge is 0.309 e. The van der Waals surface area contributed by atoms with Crippen LogP contribution < -0.4 is 33.2 Å². The first-order valence-corrected chi connectivity index (χ1v) is 47.0. The highest BCUT2D eigenvalue weighted by atomic mass is 35.5. The number of aliphatic hydroxyl groups excluding tert-OH is 1. The molecule has 26 heteroatoms. The van der Waals surface area contributed by atoms with E-state index in [1.54, 1.807) is 18.2 Å². The Morgan fingerprint density at radius 2 is 0.500 bits per heavy atom. The number of methoxy groups -OCH3 is 6. The third-order valence-electron chi connectivity index (χ3n) is 22.3. The van der Waals surface area contributed by atoms with E-state index in [2.05, 4.69) is 19.1 Å². The van der Waals surface area contributed by atoms with Crippen LogP contribution in [0.15, 0.2) is 218 Å². The lowest BCUT2D eigenvalue weighted by atomic mass is 9.96. The molecule has 13 rings (SSSR count). The van der Waals surface area contributed by atoms with Crippen molar-refractivity contribution in [2.45, 2.75) is 179 Å². The molecular formula is C112H120Cl6O20. The molecule has 0 bridgehead atoms. The van der Waals surface area contributed by atoms with E-state index in [1.165, 1.54) is 61.1 Å². The lowest BCUT2D eigenvalue weighted by Gasteiger charge is -2.16. The predicted octanol–water partition coefficient (Wildman–Crippen LogP) is 25.6. The summed E-state index contributed by atoms with van der Waals surface area (Å²) in [5.41, 5.74) is 22.8. The number of carbonyl (C=O) groups excluding carboxylic acids is 6. The minimum Gasteiger partial charge on any atom is -0.493 e. The molecule has 0 unspecified atom stereocenters. The maximum Gasteiger partial charge on any atom is 0.309 e. The molecule has 1 N–H and O–H groups in total. The fourth-order valence-corrected chi connectivity index (χ4v) is 16.2. The van der Waals surface area contributed by atoms with Crippen molar-refractivity contribution < 1.29 is 95.5 Å². The van der Waals surface area contributed by atoms with Gasteiger partial charge in [0.15, 0.2) is 0 Å². The van der Waals surface area contributed by atoms with Crippen LogP contribution in [-0.4, -0.2) is 90.2 Å². The Morgan fingerprint density at radius 3 is 0.775 bits per heavy atom. The maximum atomic E-state index is 11.7. The van der Waals surface area contributed by atoms with Crippen molar-refractivity contribution in [2.24, 2.45) is 0 Å². The summed E-state index contributed by atoms with van der Waals surface area (Å²) in [5, 5.41) is 13.0. The van der Waals surface area contributed by atoms with Crippen LogP contribution in [0.4, 0.5) is 0 Å². The Hall–Kier alpha value is -12.2. The van der Waals surface area contributed by atoms with Gasteiger partial charge in [-0.05, 0) is 289 Å². The van der Waals surface area contributed by atoms with Crippen molar-refractivity contribution >= 4 is 105 Å². The fraction of sp³-hybridized carbons (Fsp3) is 0.304. The van der Waals surface area contributed by atoms with Crippen LogP contribution in [-0.2, 0) is 148 Å². The van der Waals surface area contributed by atoms with Crippen molar-refractivity contribution in [3.63, 3.8) is 0 Å². The van der Waals surface area contributed by atoms with Gasteiger partial charge in [-0.25, -0.2) is 0 Å². The van der Waals surface area contributed by atoms with Crippen molar-refractivity contribution in [3.8, 4) is 40.2 Å². The molecule has 1 fully saturated rings. The van der Waals surface area contributed by atoms with Gasteiger partial charge in [0, 0.05) is 5.56 Å². The standard InChI is InChI=1S/C20H21ClO3.C19H21ClO4.C19H21ClO3.C18H19ClO4.2C18H19ClO3/c1-13-6-9-19(18(21)10-13)24-12-17-15(11-20(22)23-2)4-3-5-16(17)14-7-8-14;1-4-23-17-7-5-6-14(11-19(21)22-3)15(17)12-24-18-9-8-13(2)10-16(18)20;1-4-14-6-5-7-15(11-19(21)22-3)16(14)12-23-18-9-8-13(2)10-17(18)20;1-12-6-7-17(16(19)8-12)23-11-15-13(9-18(21)22-2)4-3-5-14(15)10-20;2*1-12-7-8-17(16(19)9-12)22-11-15-13(2)5-4-6-14(15)10-18(20)21-3/h3-6,9-10,14H,7-8,11-12H2,1-2H3;5-10H,4,11-12H2,1-3H3;5-10H,4,11-12H2,1-3H3;3-8,20H,9-11H2,1-2H3;2*4-9H,10-11H2,1-3H3. The summed E-state index contributed by atoms with van der Waals surface area (Å²) in [4.78, 5) is 69.6. The number of benzene rings is 12. The zero-order chi connectivity index (χ0) is 100. The zero-order valence-corrected chi connectivity index (χ0v) is 85.4. The van der Waals surface area contributed by atoms with Crippen molar-refractivity contribution in [1.82, 2.24) is 0 Å². The fourth-order valence-electron chi connectivity index (χ4n) is 14.4. The van der Waals surface area contributed by atoms with Crippen LogP contribution in [0, 0.1) is 55.4 Å². The number of hydrogen-bond acceptors (Lipinski definition) is 20. The largest absolute Gasteiger partial charge is 0.493 e. The Labute approximate surface area is 840 Å². The molecule has 138 heavy (non-hydrogen) atoms. The number of esters is 6. The van der Waals surface area contributed by atoms with Crippen molar-refractivity contribution in [2.75, 3.05) is 49.3 Å². The van der Waals surface area contributed by atoms with Crippen LogP contribution >= 0.6 is 69.6 Å². The molecule has 0 saturated heterocycles. The van der Waals surface area contributed by atoms with Gasteiger partial charge in [-0.15, -0.1) is 0 Å². The molecule has 12 aromatic rings. The monoisotopic (exact) mass is 1990 g/mol. The summed E-state index contributed by atoms with van der Waals surface area (Å²) < 4.78 is 69.4. The van der Waals surface area contributed by atoms with E-state index in [0.717, 1.165) is 129 Å². The first-order chi connectivity index (χ1) is 66.2. The molecule has 0 aromatic heterocycles. The van der Waals surface area contributed by atoms with Gasteiger partial charge < -0.3 is 66.7 Å². The Bertz CT molecular complexity index is 5870. The van der Waals surface area contributed by atoms with E-state index in [-0.39, 0.29) is 94.2 Å². The van der Waals surface area contributed by atoms with E-state index >= 15 is 0 Å². The molecule has 1 saturated carbocycles. The van der Waals surface area contributed by atoms with Crippen LogP contribution in [0.1, 0.15) is 161 Å². The van der Waals surface area contributed by atoms with Crippen LogP contribution in [0.25, 0.3) is 0 Å². The van der Waals surface area contributed by atoms with Gasteiger partial charge in [0.25, 0.3) is 0 Å². The van der Waals surface area contributed by atoms with Crippen LogP contribution in [0.3, 0.4) is 0 Å². The maximum absolute atomic E-state index is 11.7. The average molecular weight is 2000 g/mol. The first-order valence-electron chi connectivity index (χ1n) is 44.8. The van der Waals surface area contributed by atoms with Gasteiger partial charge in [0.1, 0.15) is 79.9 Å². The molecule has 0 spiro atoms. The molecular weight excluding hydrogens is 1880 g/mol. The van der Waals surface area contributed by atoms with E-state index < -0.39 is 0 Å². The average Bonchev–Trinajstić information content (AvgIpc) is 1.67. The van der Waals surface area contributed by atoms with Gasteiger partial charge in [0.05, 0.1) is 125 Å². The summed E-state index contributed by atoms with van der Waals surface area (Å²) in [5.74, 6) is 3.35. The zero-order valence-electron chi connectivity index (χ0n) is 80.9. The second-order valence-corrected chi connectivity index (χ2v) is 34.9. The number of carbonyl (C=O) groups is 6. The summed E-state index contributed by atoms with van der Waals surface area (Å²) in [6.07, 6.45) is 4.52. The molecule has 12 aromatic carbocycles. The second kappa shape index (κ2) is 57.2. The number of rotatable bonds is 35. The molecule has 0 aliphatic heterocycles. The van der Waals surface area contributed by atoms with Gasteiger partial charge in [-0.3, -0.25) is 28.8 Å². The van der Waals surface area contributed by atoms with E-state index in [4.69, 9.17) is 131 Å². The van der Waals surface area contributed by atoms with Crippen LogP contribution in [0.2, 0.25) is 30.1 Å². The normalized spacial score (nSPS) is 10.9. The Kier molecular flexibility index (Phi) is 46.0. The van der Waals surface area contributed by atoms with Crippen molar-refractivity contribution in [3.05, 3.63) is 376 Å². The second-order valence-electron chi connectivity index (χ2n) is 32.5. The Balaban J connectivity index is 0.000000203. The van der Waals surface area contributed by atoms with Gasteiger partial charge >= 0.3 is 35.8 Å². The molecule has 0 radical (unpaired) electrons. The summed E-state index contributed by atoms with van der Waals surface area (Å²) in [7, 11) is 8.31. The molecule has 1 aliphatic carbocycles. The van der Waals surface area contributed by atoms with Crippen LogP contribution in [0.5, 0.6) is 40.2 Å². The number of aliphatic hydroxyl groups is 1. The third-order valence-corrected chi connectivity index (χ3v) is 24.1. The third kappa shape index (κ3) is 35.3. The highest BCUT2D eigenvalue weighted by Crippen LogP contribution is 2.44. The molecule has 1 aliphatic rings. The van der Waals surface area contributed by atoms with E-state index in [0.29, 0.717) is 109 Å². The highest BCUT2D eigenvalue weighted by Gasteiger charge is 2.29.